The van der Waals surface area contributed by atoms with E-state index in [0.29, 0.717) is 17.3 Å². The van der Waals surface area contributed by atoms with Gasteiger partial charge in [0.2, 0.25) is 11.8 Å². The number of ether oxygens (including phenoxy) is 1. The fraction of sp³-hybridized carbons (Fsp3) is 0.0556. The van der Waals surface area contributed by atoms with E-state index in [9.17, 15) is 8.42 Å². The summed E-state index contributed by atoms with van der Waals surface area (Å²) in [4.78, 5) is 4.22. The smallest absolute Gasteiger partial charge is 0.286 e. The Morgan fingerprint density at radius 2 is 1.89 bits per heavy atom. The quantitative estimate of drug-likeness (QED) is 0.699. The summed E-state index contributed by atoms with van der Waals surface area (Å²) in [5.74, 6) is 0.840. The van der Waals surface area contributed by atoms with Gasteiger partial charge in [0.05, 0.1) is 23.7 Å². The number of aryl methyl sites for hydroxylation is 1. The van der Waals surface area contributed by atoms with Gasteiger partial charge < -0.3 is 10.5 Å². The number of nitrogens with zero attached hydrogens (tertiary/aromatic N) is 4. The van der Waals surface area contributed by atoms with Gasteiger partial charge in [-0.15, -0.1) is 4.40 Å². The zero-order valence-corrected chi connectivity index (χ0v) is 15.1. The van der Waals surface area contributed by atoms with E-state index >= 15 is 0 Å². The summed E-state index contributed by atoms with van der Waals surface area (Å²) in [5, 5.41) is 4.24. The molecule has 0 saturated carbocycles. The lowest BCUT2D eigenvalue weighted by Crippen LogP contribution is -2.07. The molecule has 4 rings (SSSR count). The van der Waals surface area contributed by atoms with Gasteiger partial charge in [-0.05, 0) is 48.9 Å². The Hall–Kier alpha value is -3.46. The molecule has 0 bridgehead atoms. The molecule has 2 N–H and O–H groups in total. The molecule has 1 aliphatic rings. The van der Waals surface area contributed by atoms with Crippen molar-refractivity contribution in [3.05, 3.63) is 71.5 Å². The van der Waals surface area contributed by atoms with Crippen molar-refractivity contribution in [3.8, 4) is 5.75 Å². The van der Waals surface area contributed by atoms with Crippen LogP contribution in [0.3, 0.4) is 0 Å². The number of sulfonamides is 1. The standard InChI is InChI=1S/C18H15N5O3S/c1-12-11-23(18(19)21-12)20-10-13-6-8-14(9-7-13)26-17-15-4-2-3-5-16(15)27(24,25)22-17/h2-11H,1H3,(H2,19,21). The first-order valence-corrected chi connectivity index (χ1v) is 9.44. The summed E-state index contributed by atoms with van der Waals surface area (Å²) in [6.07, 6.45) is 3.35. The summed E-state index contributed by atoms with van der Waals surface area (Å²) >= 11 is 0. The minimum absolute atomic E-state index is 0.0636. The Bertz CT molecular complexity index is 1180. The van der Waals surface area contributed by atoms with Crippen molar-refractivity contribution < 1.29 is 13.2 Å². The fourth-order valence-electron chi connectivity index (χ4n) is 2.61. The van der Waals surface area contributed by atoms with Crippen molar-refractivity contribution in [1.82, 2.24) is 9.66 Å². The number of nitrogens with two attached hydrogens (primary N) is 1. The molecule has 0 saturated heterocycles. The molecule has 0 amide bonds. The first-order valence-electron chi connectivity index (χ1n) is 8.00. The monoisotopic (exact) mass is 381 g/mol. The molecule has 0 spiro atoms. The Balaban J connectivity index is 1.53. The van der Waals surface area contributed by atoms with E-state index in [2.05, 4.69) is 14.5 Å². The number of hydrogen-bond acceptors (Lipinski definition) is 6. The van der Waals surface area contributed by atoms with Gasteiger partial charge >= 0.3 is 0 Å². The van der Waals surface area contributed by atoms with Crippen LogP contribution in [0.5, 0.6) is 5.75 Å². The highest BCUT2D eigenvalue weighted by Crippen LogP contribution is 2.27. The Labute approximate surface area is 155 Å². The molecule has 9 heteroatoms. The lowest BCUT2D eigenvalue weighted by molar-refractivity contribution is 0.554. The summed E-state index contributed by atoms with van der Waals surface area (Å²) < 4.78 is 35.0. The lowest BCUT2D eigenvalue weighted by Gasteiger charge is -2.05. The van der Waals surface area contributed by atoms with Gasteiger partial charge in [0.25, 0.3) is 10.0 Å². The third-order valence-electron chi connectivity index (χ3n) is 3.86. The number of anilines is 1. The second-order valence-corrected chi connectivity index (χ2v) is 7.44. The molecule has 8 nitrogen and oxygen atoms in total. The zero-order chi connectivity index (χ0) is 19.0. The number of imidazole rings is 1. The van der Waals surface area contributed by atoms with Gasteiger partial charge in [-0.3, -0.25) is 0 Å². The second kappa shape index (κ2) is 6.36. The predicted octanol–water partition coefficient (Wildman–Crippen LogP) is 2.18. The Kier molecular flexibility index (Phi) is 4.00. The molecule has 3 aromatic rings. The van der Waals surface area contributed by atoms with E-state index in [-0.39, 0.29) is 10.8 Å². The largest absolute Gasteiger partial charge is 0.438 e. The van der Waals surface area contributed by atoms with Gasteiger partial charge in [0, 0.05) is 0 Å². The van der Waals surface area contributed by atoms with Gasteiger partial charge in [-0.1, -0.05) is 12.1 Å². The first kappa shape index (κ1) is 17.0. The third kappa shape index (κ3) is 3.32. The maximum Gasteiger partial charge on any atom is 0.286 e. The predicted molar refractivity (Wildman–Crippen MR) is 102 cm³/mol. The molecular formula is C18H15N5O3S. The molecule has 136 valence electrons. The zero-order valence-electron chi connectivity index (χ0n) is 14.3. The molecule has 2 aromatic carbocycles. The van der Waals surface area contributed by atoms with Crippen LogP contribution < -0.4 is 10.5 Å². The molecular weight excluding hydrogens is 366 g/mol. The summed E-state index contributed by atoms with van der Waals surface area (Å²) in [7, 11) is -3.70. The third-order valence-corrected chi connectivity index (χ3v) is 5.18. The fourth-order valence-corrected chi connectivity index (χ4v) is 3.74. The topological polar surface area (TPSA) is 112 Å². The highest BCUT2D eigenvalue weighted by atomic mass is 32.2. The van der Waals surface area contributed by atoms with Crippen molar-refractivity contribution in [2.75, 3.05) is 5.73 Å². The van der Waals surface area contributed by atoms with Crippen molar-refractivity contribution >= 4 is 28.1 Å². The molecule has 0 fully saturated rings. The molecule has 0 radical (unpaired) electrons. The van der Waals surface area contributed by atoms with E-state index in [1.54, 1.807) is 54.9 Å². The Morgan fingerprint density at radius 1 is 1.15 bits per heavy atom. The number of nitrogen functional groups attached to an aromatic ring is 1. The average Bonchev–Trinajstić information content (AvgIpc) is 3.10. The van der Waals surface area contributed by atoms with E-state index < -0.39 is 10.0 Å². The van der Waals surface area contributed by atoms with Gasteiger partial charge in [-0.25, -0.2) is 9.66 Å². The van der Waals surface area contributed by atoms with Crippen molar-refractivity contribution in [1.29, 1.82) is 0 Å². The highest BCUT2D eigenvalue weighted by Gasteiger charge is 2.29. The van der Waals surface area contributed by atoms with E-state index in [1.165, 1.54) is 10.7 Å². The normalized spacial score (nSPS) is 14.9. The summed E-state index contributed by atoms with van der Waals surface area (Å²) in [6, 6.07) is 13.5. The number of aromatic nitrogens is 2. The average molecular weight is 381 g/mol. The van der Waals surface area contributed by atoms with Crippen LogP contribution in [-0.4, -0.2) is 30.2 Å². The van der Waals surface area contributed by atoms with Crippen LogP contribution in [0.25, 0.3) is 0 Å². The van der Waals surface area contributed by atoms with Crippen molar-refractivity contribution in [3.63, 3.8) is 0 Å². The number of hydrogen-bond donors (Lipinski definition) is 1. The maximum absolute atomic E-state index is 12.1. The molecule has 0 aliphatic carbocycles. The van der Waals surface area contributed by atoms with E-state index in [1.807, 2.05) is 6.92 Å². The van der Waals surface area contributed by atoms with Gasteiger partial charge in [0.1, 0.15) is 10.6 Å². The molecule has 0 unspecified atom stereocenters. The van der Waals surface area contributed by atoms with E-state index in [4.69, 9.17) is 10.5 Å². The summed E-state index contributed by atoms with van der Waals surface area (Å²) in [6.45, 7) is 1.83. The van der Waals surface area contributed by atoms with Gasteiger partial charge in [0.15, 0.2) is 0 Å². The maximum atomic E-state index is 12.1. The number of fused-ring (bicyclic) bond motifs is 1. The van der Waals surface area contributed by atoms with Crippen LogP contribution in [-0.2, 0) is 10.0 Å². The molecule has 1 aliphatic heterocycles. The first-order chi connectivity index (χ1) is 12.9. The highest BCUT2D eigenvalue weighted by molar-refractivity contribution is 7.90. The van der Waals surface area contributed by atoms with Crippen LogP contribution in [0, 0.1) is 6.92 Å². The van der Waals surface area contributed by atoms with Crippen LogP contribution in [0.15, 0.2) is 69.1 Å². The minimum Gasteiger partial charge on any atom is -0.438 e. The van der Waals surface area contributed by atoms with Crippen molar-refractivity contribution in [2.24, 2.45) is 9.50 Å². The molecule has 0 atom stereocenters. The SMILES string of the molecule is Cc1cn(N=Cc2ccc(OC3=NS(=O)(=O)c4ccccc43)cc2)c(N)n1. The Morgan fingerprint density at radius 3 is 2.59 bits per heavy atom. The minimum atomic E-state index is -3.70. The van der Waals surface area contributed by atoms with Crippen LogP contribution in [0.1, 0.15) is 16.8 Å². The molecule has 1 aromatic heterocycles. The van der Waals surface area contributed by atoms with Crippen molar-refractivity contribution in [2.45, 2.75) is 11.8 Å². The lowest BCUT2D eigenvalue weighted by atomic mass is 10.2. The number of rotatable bonds is 3. The van der Waals surface area contributed by atoms with Gasteiger partial charge in [-0.2, -0.15) is 13.5 Å². The molecule has 2 heterocycles. The second-order valence-electron chi connectivity index (χ2n) is 5.87. The molecule has 27 heavy (non-hydrogen) atoms. The summed E-state index contributed by atoms with van der Waals surface area (Å²) in [5.41, 5.74) is 7.78. The van der Waals surface area contributed by atoms with E-state index in [0.717, 1.165) is 11.3 Å². The number of benzene rings is 2. The van der Waals surface area contributed by atoms with Crippen LogP contribution in [0.2, 0.25) is 0 Å². The van der Waals surface area contributed by atoms with Crippen LogP contribution >= 0.6 is 0 Å². The van der Waals surface area contributed by atoms with Crippen LogP contribution in [0.4, 0.5) is 5.95 Å².